The Labute approximate surface area is 260 Å². The van der Waals surface area contributed by atoms with Crippen molar-refractivity contribution in [2.24, 2.45) is 0 Å². The van der Waals surface area contributed by atoms with Crippen molar-refractivity contribution >= 4 is 67.4 Å². The molecule has 0 fully saturated rings. The quantitative estimate of drug-likeness (QED) is 0.193. The second kappa shape index (κ2) is 19.8. The highest BCUT2D eigenvalue weighted by Gasteiger charge is 2.27. The summed E-state index contributed by atoms with van der Waals surface area (Å²) in [6.45, 7) is 0.0558. The van der Waals surface area contributed by atoms with E-state index in [0.29, 0.717) is 16.4 Å². The normalized spacial score (nSPS) is 11.7. The molecule has 2 amide bonds. The maximum absolute atomic E-state index is 13.1. The molecule has 0 spiro atoms. The zero-order chi connectivity index (χ0) is 29.9. The number of ether oxygens (including phenoxy) is 1. The number of carbonyl (C=O) groups is 4. The van der Waals surface area contributed by atoms with Crippen molar-refractivity contribution in [1.29, 1.82) is 0 Å². The summed E-state index contributed by atoms with van der Waals surface area (Å²) in [4.78, 5) is 47.4. The molecule has 3 aromatic rings. The lowest BCUT2D eigenvalue weighted by Gasteiger charge is -2.21. The molecular formula is C30H32Br2N2O6S. The van der Waals surface area contributed by atoms with E-state index in [1.165, 1.54) is 11.8 Å². The first-order chi connectivity index (χ1) is 19.8. The van der Waals surface area contributed by atoms with Crippen LogP contribution in [0.3, 0.4) is 0 Å². The molecule has 0 aliphatic rings. The second-order valence-corrected chi connectivity index (χ2v) is 10.8. The first-order valence-electron chi connectivity index (χ1n) is 12.6. The van der Waals surface area contributed by atoms with Gasteiger partial charge in [0.15, 0.2) is 5.78 Å². The summed E-state index contributed by atoms with van der Waals surface area (Å²) in [6, 6.07) is 26.0. The number of aliphatic carboxylic acids is 1. The van der Waals surface area contributed by atoms with Gasteiger partial charge in [0, 0.05) is 17.9 Å². The first kappa shape index (κ1) is 34.1. The lowest BCUT2D eigenvalue weighted by Crippen LogP contribution is -2.53. The number of halogens is 2. The van der Waals surface area contributed by atoms with Crippen LogP contribution in [0.5, 0.6) is 0 Å². The maximum Gasteiger partial charge on any atom is 0.408 e. The number of thioether (sulfide) groups is 1. The minimum Gasteiger partial charge on any atom is -0.480 e. The van der Waals surface area contributed by atoms with Gasteiger partial charge in [-0.2, -0.15) is 11.8 Å². The SMILES string of the molecule is O=C(CBr)CBr.O=C(N[C@@H](Cc1ccccc1)C(=O)N[C@@H](CSCc1ccccc1)C(=O)O)OCc1ccccc1. The van der Waals surface area contributed by atoms with Crippen LogP contribution in [-0.4, -0.2) is 57.4 Å². The van der Waals surface area contributed by atoms with Crippen molar-refractivity contribution in [3.8, 4) is 0 Å². The van der Waals surface area contributed by atoms with Gasteiger partial charge in [-0.15, -0.1) is 0 Å². The number of amides is 2. The molecule has 0 aliphatic carbocycles. The van der Waals surface area contributed by atoms with Crippen LogP contribution in [-0.2, 0) is 37.9 Å². The van der Waals surface area contributed by atoms with Crippen molar-refractivity contribution in [3.63, 3.8) is 0 Å². The zero-order valence-corrected chi connectivity index (χ0v) is 26.2. The molecule has 0 heterocycles. The van der Waals surface area contributed by atoms with Crippen molar-refractivity contribution in [3.05, 3.63) is 108 Å². The number of nitrogens with one attached hydrogen (secondary N) is 2. The highest BCUT2D eigenvalue weighted by atomic mass is 79.9. The molecule has 0 radical (unpaired) electrons. The monoisotopic (exact) mass is 706 g/mol. The standard InChI is InChI=1S/C27H28N2O5S.C3H4Br2O/c30-25(28-24(26(31)32)19-35-18-22-14-8-3-9-15-22)23(16-20-10-4-1-5-11-20)29-27(33)34-17-21-12-6-2-7-13-21;4-1-3(6)2-5/h1-15,23-24H,16-19H2,(H,28,30)(H,29,33)(H,31,32);1-2H2/t23-,24-;/m0./s1. The van der Waals surface area contributed by atoms with E-state index in [9.17, 15) is 24.3 Å². The number of benzene rings is 3. The van der Waals surface area contributed by atoms with Crippen LogP contribution in [0, 0.1) is 0 Å². The van der Waals surface area contributed by atoms with Gasteiger partial charge in [0.05, 0.1) is 10.7 Å². The number of alkyl halides is 2. The number of ketones is 1. The molecule has 41 heavy (non-hydrogen) atoms. The van der Waals surface area contributed by atoms with Crippen LogP contribution in [0.1, 0.15) is 16.7 Å². The second-order valence-electron chi connectivity index (χ2n) is 8.65. The fourth-order valence-electron chi connectivity index (χ4n) is 3.32. The van der Waals surface area contributed by atoms with Gasteiger partial charge < -0.3 is 20.5 Å². The highest BCUT2D eigenvalue weighted by molar-refractivity contribution is 9.10. The Hall–Kier alpha value is -3.15. The first-order valence-corrected chi connectivity index (χ1v) is 16.0. The lowest BCUT2D eigenvalue weighted by atomic mass is 10.1. The third kappa shape index (κ3) is 14.3. The number of hydrogen-bond donors (Lipinski definition) is 3. The molecule has 3 rings (SSSR count). The Bertz CT molecular complexity index is 1210. The van der Waals surface area contributed by atoms with Crippen LogP contribution in [0.25, 0.3) is 0 Å². The number of rotatable bonds is 14. The Morgan fingerprint density at radius 2 is 1.24 bits per heavy atom. The molecule has 0 bridgehead atoms. The molecule has 218 valence electrons. The van der Waals surface area contributed by atoms with Crippen LogP contribution in [0.4, 0.5) is 4.79 Å². The lowest BCUT2D eigenvalue weighted by molar-refractivity contribution is -0.141. The van der Waals surface area contributed by atoms with Gasteiger partial charge in [0.25, 0.3) is 0 Å². The van der Waals surface area contributed by atoms with Gasteiger partial charge >= 0.3 is 12.1 Å². The Morgan fingerprint density at radius 1 is 0.732 bits per heavy atom. The van der Waals surface area contributed by atoms with E-state index < -0.39 is 30.1 Å². The number of carbonyl (C=O) groups excluding carboxylic acids is 3. The van der Waals surface area contributed by atoms with E-state index in [2.05, 4.69) is 42.5 Å². The summed E-state index contributed by atoms with van der Waals surface area (Å²) in [5.74, 6) is -0.734. The van der Waals surface area contributed by atoms with Gasteiger partial charge in [-0.25, -0.2) is 9.59 Å². The fourth-order valence-corrected chi connectivity index (χ4v) is 5.25. The summed E-state index contributed by atoms with van der Waals surface area (Å²) in [6.07, 6.45) is -0.563. The van der Waals surface area contributed by atoms with Crippen LogP contribution >= 0.6 is 43.6 Å². The summed E-state index contributed by atoms with van der Waals surface area (Å²) in [5.41, 5.74) is 2.70. The summed E-state index contributed by atoms with van der Waals surface area (Å²) in [7, 11) is 0. The zero-order valence-electron chi connectivity index (χ0n) is 22.2. The largest absolute Gasteiger partial charge is 0.480 e. The van der Waals surface area contributed by atoms with E-state index in [1.807, 2.05) is 91.0 Å². The van der Waals surface area contributed by atoms with E-state index in [-0.39, 0.29) is 24.6 Å². The van der Waals surface area contributed by atoms with Gasteiger partial charge in [-0.3, -0.25) is 9.59 Å². The molecule has 0 unspecified atom stereocenters. The van der Waals surface area contributed by atoms with E-state index in [4.69, 9.17) is 4.74 Å². The third-order valence-corrected chi connectivity index (χ3v) is 7.77. The van der Waals surface area contributed by atoms with Crippen molar-refractivity contribution in [2.75, 3.05) is 16.4 Å². The summed E-state index contributed by atoms with van der Waals surface area (Å²) >= 11 is 7.40. The fraction of sp³-hybridized carbons (Fsp3) is 0.267. The topological polar surface area (TPSA) is 122 Å². The molecule has 3 N–H and O–H groups in total. The van der Waals surface area contributed by atoms with Gasteiger partial charge in [0.1, 0.15) is 18.7 Å². The predicted octanol–water partition coefficient (Wildman–Crippen LogP) is 5.37. The van der Waals surface area contributed by atoms with Crippen LogP contribution in [0.2, 0.25) is 0 Å². The smallest absolute Gasteiger partial charge is 0.408 e. The number of alkyl carbamates (subject to hydrolysis) is 1. The van der Waals surface area contributed by atoms with Gasteiger partial charge in [-0.1, -0.05) is 123 Å². The van der Waals surface area contributed by atoms with Gasteiger partial charge in [-0.05, 0) is 16.7 Å². The van der Waals surface area contributed by atoms with E-state index in [1.54, 1.807) is 0 Å². The Kier molecular flexibility index (Phi) is 16.5. The number of hydrogen-bond acceptors (Lipinski definition) is 6. The minimum absolute atomic E-state index is 0.0558. The molecule has 0 saturated heterocycles. The number of Topliss-reactive ketones (excluding diaryl/α,β-unsaturated/α-hetero) is 1. The number of carboxylic acid groups (broad SMARTS) is 1. The van der Waals surface area contributed by atoms with Crippen molar-refractivity contribution < 1.29 is 29.0 Å². The van der Waals surface area contributed by atoms with Crippen LogP contribution < -0.4 is 10.6 Å². The summed E-state index contributed by atoms with van der Waals surface area (Å²) in [5, 5.41) is 15.7. The molecule has 3 aromatic carbocycles. The molecule has 11 heteroatoms. The predicted molar refractivity (Wildman–Crippen MR) is 168 cm³/mol. The molecule has 0 saturated carbocycles. The molecular weight excluding hydrogens is 676 g/mol. The minimum atomic E-state index is -1.14. The van der Waals surface area contributed by atoms with Crippen molar-refractivity contribution in [2.45, 2.75) is 30.9 Å². The van der Waals surface area contributed by atoms with E-state index in [0.717, 1.165) is 16.7 Å². The number of carboxylic acids is 1. The molecule has 0 aliphatic heterocycles. The Balaban J connectivity index is 0.000000883. The summed E-state index contributed by atoms with van der Waals surface area (Å²) < 4.78 is 5.26. The van der Waals surface area contributed by atoms with E-state index >= 15 is 0 Å². The molecule has 8 nitrogen and oxygen atoms in total. The maximum atomic E-state index is 13.1. The Morgan fingerprint density at radius 3 is 1.73 bits per heavy atom. The molecule has 2 atom stereocenters. The van der Waals surface area contributed by atoms with Crippen molar-refractivity contribution in [1.82, 2.24) is 10.6 Å². The third-order valence-electron chi connectivity index (χ3n) is 5.41. The average molecular weight is 708 g/mol. The average Bonchev–Trinajstić information content (AvgIpc) is 3.00. The molecule has 0 aromatic heterocycles. The highest BCUT2D eigenvalue weighted by Crippen LogP contribution is 2.13. The van der Waals surface area contributed by atoms with Gasteiger partial charge in [0.2, 0.25) is 5.91 Å². The van der Waals surface area contributed by atoms with Crippen LogP contribution in [0.15, 0.2) is 91.0 Å².